The average molecular weight is 431 g/mol. The molecular formula is C25H34O6. The molecule has 2 aromatic carbocycles. The van der Waals surface area contributed by atoms with Crippen LogP contribution in [-0.2, 0) is 9.53 Å². The lowest BCUT2D eigenvalue weighted by Crippen LogP contribution is -2.26. The van der Waals surface area contributed by atoms with E-state index < -0.39 is 11.5 Å². The number of methoxy groups -OCH3 is 4. The molecule has 0 spiro atoms. The van der Waals surface area contributed by atoms with E-state index in [-0.39, 0.29) is 11.9 Å². The van der Waals surface area contributed by atoms with Gasteiger partial charge in [0.25, 0.3) is 0 Å². The molecule has 0 saturated heterocycles. The van der Waals surface area contributed by atoms with Gasteiger partial charge in [0.1, 0.15) is 29.1 Å². The summed E-state index contributed by atoms with van der Waals surface area (Å²) < 4.78 is 28.8. The Hall–Kier alpha value is -2.89. The van der Waals surface area contributed by atoms with Gasteiger partial charge in [-0.1, -0.05) is 33.8 Å². The summed E-state index contributed by atoms with van der Waals surface area (Å²) in [6.07, 6.45) is 1.44. The topological polar surface area (TPSA) is 63.2 Å². The van der Waals surface area contributed by atoms with Crippen molar-refractivity contribution in [3.8, 4) is 23.0 Å². The molecule has 6 nitrogen and oxygen atoms in total. The van der Waals surface area contributed by atoms with E-state index in [1.165, 1.54) is 0 Å². The zero-order chi connectivity index (χ0) is 23.3. The first kappa shape index (κ1) is 24.4. The number of esters is 1. The monoisotopic (exact) mass is 430 g/mol. The van der Waals surface area contributed by atoms with Crippen molar-refractivity contribution >= 4 is 16.7 Å². The molecule has 1 unspecified atom stereocenters. The second kappa shape index (κ2) is 9.94. The highest BCUT2D eigenvalue weighted by Gasteiger charge is 2.36. The fraction of sp³-hybridized carbons (Fsp3) is 0.480. The van der Waals surface area contributed by atoms with Crippen molar-refractivity contribution in [3.63, 3.8) is 0 Å². The van der Waals surface area contributed by atoms with Crippen molar-refractivity contribution in [2.75, 3.05) is 28.4 Å². The van der Waals surface area contributed by atoms with E-state index in [9.17, 15) is 4.79 Å². The second-order valence-electron chi connectivity index (χ2n) is 8.41. The van der Waals surface area contributed by atoms with Crippen molar-refractivity contribution in [2.45, 2.75) is 40.2 Å². The zero-order valence-electron chi connectivity index (χ0n) is 19.8. The Kier molecular flexibility index (Phi) is 7.82. The molecule has 2 aromatic rings. The molecule has 0 bridgehead atoms. The van der Waals surface area contributed by atoms with Gasteiger partial charge in [-0.3, -0.25) is 4.79 Å². The molecule has 0 radical (unpaired) electrons. The standard InChI is InChI=1S/C25H34O6/c1-10-25(4,5)24(31-20(26)13-15(2)3)16-14-19(29-8)21-17(27-6)11-12-18(28-7)22(21)23(16)30-9/h10-12,14-15,24H,1,13H2,2-9H3. The Balaban J connectivity index is 2.89. The van der Waals surface area contributed by atoms with Crippen LogP contribution >= 0.6 is 0 Å². The predicted octanol–water partition coefficient (Wildman–Crippen LogP) is 5.72. The highest BCUT2D eigenvalue weighted by molar-refractivity contribution is 6.03. The average Bonchev–Trinajstić information content (AvgIpc) is 2.74. The zero-order valence-corrected chi connectivity index (χ0v) is 19.8. The molecule has 0 aromatic heterocycles. The van der Waals surface area contributed by atoms with E-state index in [0.717, 1.165) is 0 Å². The van der Waals surface area contributed by atoms with E-state index in [2.05, 4.69) is 6.58 Å². The van der Waals surface area contributed by atoms with Crippen LogP contribution in [0.2, 0.25) is 0 Å². The van der Waals surface area contributed by atoms with Crippen LogP contribution in [0.3, 0.4) is 0 Å². The van der Waals surface area contributed by atoms with Gasteiger partial charge in [-0.25, -0.2) is 0 Å². The normalized spacial score (nSPS) is 12.4. The fourth-order valence-corrected chi connectivity index (χ4v) is 3.61. The molecule has 0 heterocycles. The number of carbonyl (C=O) groups is 1. The minimum absolute atomic E-state index is 0.178. The van der Waals surface area contributed by atoms with Gasteiger partial charge in [0.05, 0.1) is 39.2 Å². The lowest BCUT2D eigenvalue weighted by molar-refractivity contribution is -0.155. The van der Waals surface area contributed by atoms with Crippen LogP contribution in [0.4, 0.5) is 0 Å². The molecule has 0 amide bonds. The smallest absolute Gasteiger partial charge is 0.306 e. The molecule has 0 aliphatic heterocycles. The molecular weight excluding hydrogens is 396 g/mol. The van der Waals surface area contributed by atoms with Crippen LogP contribution in [0, 0.1) is 11.3 Å². The van der Waals surface area contributed by atoms with Crippen LogP contribution in [0.15, 0.2) is 30.9 Å². The van der Waals surface area contributed by atoms with Crippen molar-refractivity contribution < 1.29 is 28.5 Å². The van der Waals surface area contributed by atoms with E-state index >= 15 is 0 Å². The maximum Gasteiger partial charge on any atom is 0.306 e. The summed E-state index contributed by atoms with van der Waals surface area (Å²) in [5.41, 5.74) is 0.0884. The minimum Gasteiger partial charge on any atom is -0.496 e. The lowest BCUT2D eigenvalue weighted by atomic mass is 9.81. The maximum absolute atomic E-state index is 12.7. The molecule has 0 aliphatic rings. The van der Waals surface area contributed by atoms with Crippen LogP contribution in [0.25, 0.3) is 10.8 Å². The van der Waals surface area contributed by atoms with E-state index in [1.807, 2.05) is 45.9 Å². The first-order chi connectivity index (χ1) is 14.6. The van der Waals surface area contributed by atoms with Gasteiger partial charge < -0.3 is 23.7 Å². The predicted molar refractivity (Wildman–Crippen MR) is 122 cm³/mol. The Morgan fingerprint density at radius 1 is 0.968 bits per heavy atom. The van der Waals surface area contributed by atoms with Gasteiger partial charge in [-0.2, -0.15) is 0 Å². The lowest BCUT2D eigenvalue weighted by Gasteiger charge is -2.33. The van der Waals surface area contributed by atoms with Gasteiger partial charge >= 0.3 is 5.97 Å². The first-order valence-corrected chi connectivity index (χ1v) is 10.3. The summed E-state index contributed by atoms with van der Waals surface area (Å²) in [6.45, 7) is 11.8. The van der Waals surface area contributed by atoms with E-state index in [4.69, 9.17) is 23.7 Å². The van der Waals surface area contributed by atoms with Crippen molar-refractivity contribution in [2.24, 2.45) is 11.3 Å². The highest BCUT2D eigenvalue weighted by atomic mass is 16.5. The number of rotatable bonds is 10. The molecule has 0 N–H and O–H groups in total. The van der Waals surface area contributed by atoms with Crippen LogP contribution in [0.5, 0.6) is 23.0 Å². The molecule has 31 heavy (non-hydrogen) atoms. The summed E-state index contributed by atoms with van der Waals surface area (Å²) >= 11 is 0. The maximum atomic E-state index is 12.7. The number of ether oxygens (including phenoxy) is 5. The number of fused-ring (bicyclic) bond motifs is 1. The Morgan fingerprint density at radius 3 is 1.97 bits per heavy atom. The number of hydrogen-bond donors (Lipinski definition) is 0. The Labute approximate surface area is 185 Å². The van der Waals surface area contributed by atoms with Crippen LogP contribution in [0.1, 0.15) is 45.8 Å². The fourth-order valence-electron chi connectivity index (χ4n) is 3.61. The SMILES string of the molecule is C=CC(C)(C)C(OC(=O)CC(C)C)c1cc(OC)c2c(OC)ccc(OC)c2c1OC. The Morgan fingerprint density at radius 2 is 1.52 bits per heavy atom. The van der Waals surface area contributed by atoms with Crippen LogP contribution < -0.4 is 18.9 Å². The van der Waals surface area contributed by atoms with Crippen molar-refractivity contribution in [1.29, 1.82) is 0 Å². The van der Waals surface area contributed by atoms with E-state index in [0.29, 0.717) is 45.8 Å². The third-order valence-corrected chi connectivity index (χ3v) is 5.32. The third-order valence-electron chi connectivity index (χ3n) is 5.32. The number of benzene rings is 2. The summed E-state index contributed by atoms with van der Waals surface area (Å²) in [6, 6.07) is 5.46. The minimum atomic E-state index is -0.652. The first-order valence-electron chi connectivity index (χ1n) is 10.3. The molecule has 2 rings (SSSR count). The molecule has 0 aliphatic carbocycles. The van der Waals surface area contributed by atoms with Crippen molar-refractivity contribution in [1.82, 2.24) is 0 Å². The van der Waals surface area contributed by atoms with Gasteiger partial charge in [0.2, 0.25) is 0 Å². The molecule has 0 saturated carbocycles. The summed E-state index contributed by atoms with van der Waals surface area (Å²) in [5.74, 6) is 2.20. The summed E-state index contributed by atoms with van der Waals surface area (Å²) in [4.78, 5) is 12.7. The van der Waals surface area contributed by atoms with Gasteiger partial charge in [0.15, 0.2) is 0 Å². The molecule has 0 fully saturated rings. The molecule has 170 valence electrons. The summed E-state index contributed by atoms with van der Waals surface area (Å²) in [5, 5.41) is 1.40. The quantitative estimate of drug-likeness (QED) is 0.355. The van der Waals surface area contributed by atoms with Crippen molar-refractivity contribution in [3.05, 3.63) is 36.4 Å². The largest absolute Gasteiger partial charge is 0.496 e. The highest BCUT2D eigenvalue weighted by Crippen LogP contribution is 2.51. The number of carbonyl (C=O) groups excluding carboxylic acids is 1. The molecule has 1 atom stereocenters. The second-order valence-corrected chi connectivity index (χ2v) is 8.41. The Bertz CT molecular complexity index is 945. The number of hydrogen-bond acceptors (Lipinski definition) is 6. The summed E-state index contributed by atoms with van der Waals surface area (Å²) in [7, 11) is 6.35. The molecule has 6 heteroatoms. The van der Waals surface area contributed by atoms with Gasteiger partial charge in [-0.15, -0.1) is 6.58 Å². The van der Waals surface area contributed by atoms with E-state index in [1.54, 1.807) is 34.5 Å². The third kappa shape index (κ3) is 4.89. The van der Waals surface area contributed by atoms with Gasteiger partial charge in [-0.05, 0) is 24.1 Å². The van der Waals surface area contributed by atoms with Gasteiger partial charge in [0, 0.05) is 17.4 Å². The van der Waals surface area contributed by atoms with Crippen LogP contribution in [-0.4, -0.2) is 34.4 Å².